The zero-order chi connectivity index (χ0) is 14.7. The predicted octanol–water partition coefficient (Wildman–Crippen LogP) is 2.04. The minimum absolute atomic E-state index is 0. The molecule has 1 aromatic heterocycles. The number of halogens is 1. The number of nitrogens with one attached hydrogen (secondary N) is 2. The van der Waals surface area contributed by atoms with E-state index in [1.54, 1.807) is 10.9 Å². The quantitative estimate of drug-likeness (QED) is 0.894. The van der Waals surface area contributed by atoms with Gasteiger partial charge < -0.3 is 10.6 Å². The lowest BCUT2D eigenvalue weighted by Crippen LogP contribution is -2.47. The van der Waals surface area contributed by atoms with Gasteiger partial charge in [-0.1, -0.05) is 26.7 Å². The molecular weight excluding hydrogens is 288 g/mol. The van der Waals surface area contributed by atoms with E-state index >= 15 is 0 Å². The highest BCUT2D eigenvalue weighted by Gasteiger charge is 2.30. The first-order valence-electron chi connectivity index (χ1n) is 7.49. The Hall–Kier alpha value is -1.07. The molecule has 1 aliphatic rings. The molecule has 1 heterocycles. The van der Waals surface area contributed by atoms with Crippen LogP contribution in [0.2, 0.25) is 0 Å². The summed E-state index contributed by atoms with van der Waals surface area (Å²) in [5.41, 5.74) is 0.906. The van der Waals surface area contributed by atoms with Crippen LogP contribution in [-0.2, 0) is 11.8 Å². The summed E-state index contributed by atoms with van der Waals surface area (Å²) in [4.78, 5) is 12.5. The zero-order valence-corrected chi connectivity index (χ0v) is 14.1. The molecule has 6 heteroatoms. The van der Waals surface area contributed by atoms with E-state index in [1.807, 2.05) is 20.3 Å². The van der Waals surface area contributed by atoms with Gasteiger partial charge in [-0.2, -0.15) is 5.10 Å². The van der Waals surface area contributed by atoms with Gasteiger partial charge in [0.1, 0.15) is 6.04 Å². The number of nitrogens with zero attached hydrogens (tertiary/aromatic N) is 2. The van der Waals surface area contributed by atoms with E-state index in [1.165, 1.54) is 12.8 Å². The average Bonchev–Trinajstić information content (AvgIpc) is 2.82. The molecule has 2 N–H and O–H groups in total. The Balaban J connectivity index is 0.00000220. The van der Waals surface area contributed by atoms with Crippen molar-refractivity contribution in [3.8, 4) is 0 Å². The lowest BCUT2D eigenvalue weighted by atomic mass is 9.78. The Labute approximate surface area is 133 Å². The fourth-order valence-electron chi connectivity index (χ4n) is 3.09. The van der Waals surface area contributed by atoms with Gasteiger partial charge in [-0.3, -0.25) is 9.48 Å². The molecule has 0 bridgehead atoms. The fourth-order valence-corrected chi connectivity index (χ4v) is 3.09. The van der Waals surface area contributed by atoms with E-state index in [9.17, 15) is 4.79 Å². The minimum atomic E-state index is -0.326. The Bertz CT molecular complexity index is 462. The van der Waals surface area contributed by atoms with Gasteiger partial charge in [0, 0.05) is 24.8 Å². The molecule has 0 aliphatic heterocycles. The van der Waals surface area contributed by atoms with Crippen LogP contribution in [0.15, 0.2) is 12.4 Å². The lowest BCUT2D eigenvalue weighted by Gasteiger charge is -2.35. The van der Waals surface area contributed by atoms with Gasteiger partial charge in [0.15, 0.2) is 0 Å². The third-order valence-corrected chi connectivity index (χ3v) is 4.64. The van der Waals surface area contributed by atoms with Gasteiger partial charge in [-0.15, -0.1) is 12.4 Å². The standard InChI is InChI=1S/C15H26N4O.ClH/c1-10-6-5-7-13(11(10)2)18-15(20)14(16-3)12-8-17-19(4)9-12;/h8-11,13-14,16H,5-7H2,1-4H3,(H,18,20);1H. The van der Waals surface area contributed by atoms with Crippen LogP contribution in [-0.4, -0.2) is 28.8 Å². The van der Waals surface area contributed by atoms with Crippen molar-refractivity contribution in [3.05, 3.63) is 18.0 Å². The van der Waals surface area contributed by atoms with Gasteiger partial charge in [-0.25, -0.2) is 0 Å². The van der Waals surface area contributed by atoms with Crippen molar-refractivity contribution in [2.24, 2.45) is 18.9 Å². The average molecular weight is 315 g/mol. The van der Waals surface area contributed by atoms with Gasteiger partial charge >= 0.3 is 0 Å². The Kier molecular flexibility index (Phi) is 6.68. The summed E-state index contributed by atoms with van der Waals surface area (Å²) in [6.45, 7) is 4.52. The number of hydrogen-bond acceptors (Lipinski definition) is 3. The molecule has 1 fully saturated rings. The lowest BCUT2D eigenvalue weighted by molar-refractivity contribution is -0.124. The summed E-state index contributed by atoms with van der Waals surface area (Å²) in [6, 6.07) is -0.0353. The maximum absolute atomic E-state index is 12.5. The molecule has 1 saturated carbocycles. The number of amides is 1. The molecule has 0 aromatic carbocycles. The normalized spacial score (nSPS) is 26.8. The number of rotatable bonds is 4. The number of likely N-dealkylation sites (N-methyl/N-ethyl adjacent to an activating group) is 1. The zero-order valence-electron chi connectivity index (χ0n) is 13.3. The van der Waals surface area contributed by atoms with Gasteiger partial charge in [0.2, 0.25) is 5.91 Å². The van der Waals surface area contributed by atoms with E-state index in [0.717, 1.165) is 12.0 Å². The number of carbonyl (C=O) groups excluding carboxylic acids is 1. The fraction of sp³-hybridized carbons (Fsp3) is 0.733. The third-order valence-electron chi connectivity index (χ3n) is 4.64. The summed E-state index contributed by atoms with van der Waals surface area (Å²) in [6.07, 6.45) is 7.18. The second-order valence-corrected chi connectivity index (χ2v) is 6.05. The van der Waals surface area contributed by atoms with Crippen LogP contribution in [0.25, 0.3) is 0 Å². The summed E-state index contributed by atoms with van der Waals surface area (Å²) in [7, 11) is 3.67. The van der Waals surface area contributed by atoms with E-state index in [2.05, 4.69) is 29.6 Å². The van der Waals surface area contributed by atoms with Crippen LogP contribution >= 0.6 is 12.4 Å². The van der Waals surface area contributed by atoms with E-state index in [-0.39, 0.29) is 24.4 Å². The first-order chi connectivity index (χ1) is 9.52. The highest BCUT2D eigenvalue weighted by atomic mass is 35.5. The number of aryl methyl sites for hydroxylation is 1. The first kappa shape index (κ1) is 18.0. The van der Waals surface area contributed by atoms with E-state index in [4.69, 9.17) is 0 Å². The van der Waals surface area contributed by atoms with Crippen molar-refractivity contribution in [1.82, 2.24) is 20.4 Å². The first-order valence-corrected chi connectivity index (χ1v) is 7.49. The molecule has 1 amide bonds. The van der Waals surface area contributed by atoms with Crippen molar-refractivity contribution < 1.29 is 4.79 Å². The van der Waals surface area contributed by atoms with Crippen LogP contribution in [0.4, 0.5) is 0 Å². The highest BCUT2D eigenvalue weighted by molar-refractivity contribution is 5.85. The SMILES string of the molecule is CNC(C(=O)NC1CCCC(C)C1C)c1cnn(C)c1.Cl. The molecule has 0 radical (unpaired) electrons. The summed E-state index contributed by atoms with van der Waals surface area (Å²) in [5, 5.41) is 10.4. The maximum atomic E-state index is 12.5. The van der Waals surface area contributed by atoms with Crippen molar-refractivity contribution in [2.75, 3.05) is 7.05 Å². The van der Waals surface area contributed by atoms with Crippen molar-refractivity contribution in [2.45, 2.75) is 45.2 Å². The molecule has 0 saturated heterocycles. The molecule has 21 heavy (non-hydrogen) atoms. The molecule has 120 valence electrons. The molecular formula is C15H27ClN4O. The molecule has 1 aliphatic carbocycles. The van der Waals surface area contributed by atoms with Crippen molar-refractivity contribution in [3.63, 3.8) is 0 Å². The maximum Gasteiger partial charge on any atom is 0.242 e. The number of carbonyl (C=O) groups is 1. The smallest absolute Gasteiger partial charge is 0.242 e. The predicted molar refractivity (Wildman–Crippen MR) is 86.4 cm³/mol. The van der Waals surface area contributed by atoms with Gasteiger partial charge in [-0.05, 0) is 25.3 Å². The van der Waals surface area contributed by atoms with E-state index < -0.39 is 0 Å². The monoisotopic (exact) mass is 314 g/mol. The molecule has 0 spiro atoms. The Morgan fingerprint density at radius 1 is 1.43 bits per heavy atom. The second-order valence-electron chi connectivity index (χ2n) is 6.05. The van der Waals surface area contributed by atoms with Crippen LogP contribution in [0.3, 0.4) is 0 Å². The van der Waals surface area contributed by atoms with Crippen LogP contribution in [0.5, 0.6) is 0 Å². The van der Waals surface area contributed by atoms with Gasteiger partial charge in [0.25, 0.3) is 0 Å². The molecule has 2 rings (SSSR count). The summed E-state index contributed by atoms with van der Waals surface area (Å²) >= 11 is 0. The second kappa shape index (κ2) is 7.80. The van der Waals surface area contributed by atoms with Crippen LogP contribution < -0.4 is 10.6 Å². The topological polar surface area (TPSA) is 59.0 Å². The van der Waals surface area contributed by atoms with Gasteiger partial charge in [0.05, 0.1) is 6.20 Å². The van der Waals surface area contributed by atoms with Crippen molar-refractivity contribution >= 4 is 18.3 Å². The number of aromatic nitrogens is 2. The summed E-state index contributed by atoms with van der Waals surface area (Å²) in [5.74, 6) is 1.27. The summed E-state index contributed by atoms with van der Waals surface area (Å²) < 4.78 is 1.72. The molecule has 4 unspecified atom stereocenters. The largest absolute Gasteiger partial charge is 0.351 e. The van der Waals surface area contributed by atoms with E-state index in [0.29, 0.717) is 17.9 Å². The molecule has 1 aromatic rings. The Morgan fingerprint density at radius 2 is 2.14 bits per heavy atom. The minimum Gasteiger partial charge on any atom is -0.351 e. The van der Waals surface area contributed by atoms with Crippen LogP contribution in [0.1, 0.15) is 44.7 Å². The highest BCUT2D eigenvalue weighted by Crippen LogP contribution is 2.29. The number of hydrogen-bond donors (Lipinski definition) is 2. The van der Waals surface area contributed by atoms with Crippen LogP contribution in [0, 0.1) is 11.8 Å². The van der Waals surface area contributed by atoms with Crippen molar-refractivity contribution in [1.29, 1.82) is 0 Å². The molecule has 5 nitrogen and oxygen atoms in total. The third kappa shape index (κ3) is 4.20. The molecule has 4 atom stereocenters. The Morgan fingerprint density at radius 3 is 2.71 bits per heavy atom.